The van der Waals surface area contributed by atoms with Gasteiger partial charge in [0.25, 0.3) is 0 Å². The molecule has 2 bridgehead atoms. The second-order valence-electron chi connectivity index (χ2n) is 7.24. The van der Waals surface area contributed by atoms with Crippen LogP contribution in [0.5, 0.6) is 0 Å². The number of alkyl halides is 1. The molecule has 20 heavy (non-hydrogen) atoms. The smallest absolute Gasteiger partial charge is 0.167 e. The highest BCUT2D eigenvalue weighted by Gasteiger charge is 2.49. The van der Waals surface area contributed by atoms with Crippen molar-refractivity contribution in [3.8, 4) is 0 Å². The summed E-state index contributed by atoms with van der Waals surface area (Å²) in [5, 5.41) is 0. The van der Waals surface area contributed by atoms with Gasteiger partial charge in [0.1, 0.15) is 6.10 Å². The van der Waals surface area contributed by atoms with E-state index in [0.717, 1.165) is 19.3 Å². The lowest BCUT2D eigenvalue weighted by Gasteiger charge is -2.49. The van der Waals surface area contributed by atoms with Crippen LogP contribution in [0, 0.1) is 17.3 Å². The molecule has 0 aromatic carbocycles. The van der Waals surface area contributed by atoms with Gasteiger partial charge < -0.3 is 4.74 Å². The third-order valence-electron chi connectivity index (χ3n) is 5.46. The van der Waals surface area contributed by atoms with Crippen LogP contribution in [0.15, 0.2) is 0 Å². The van der Waals surface area contributed by atoms with Gasteiger partial charge in [0.05, 0.1) is 6.10 Å². The summed E-state index contributed by atoms with van der Waals surface area (Å²) < 4.78 is 6.24. The molecule has 0 N–H and O–H groups in total. The summed E-state index contributed by atoms with van der Waals surface area (Å²) in [7, 11) is 0. The van der Waals surface area contributed by atoms with E-state index in [-0.39, 0.29) is 17.6 Å². The number of fused-ring (bicyclic) bond motifs is 3. The number of carbonyl (C=O) groups is 1. The molecule has 0 aromatic rings. The first-order valence-electron chi connectivity index (χ1n) is 8.24. The van der Waals surface area contributed by atoms with Gasteiger partial charge in [0.15, 0.2) is 5.78 Å². The lowest BCUT2D eigenvalue weighted by atomic mass is 9.68. The Morgan fingerprint density at radius 1 is 1.35 bits per heavy atom. The Kier molecular flexibility index (Phi) is 5.34. The maximum absolute atomic E-state index is 12.7. The van der Waals surface area contributed by atoms with Crippen LogP contribution in [-0.4, -0.2) is 22.8 Å². The van der Waals surface area contributed by atoms with Crippen molar-refractivity contribution in [2.24, 2.45) is 17.3 Å². The summed E-state index contributed by atoms with van der Waals surface area (Å²) >= 11 is 3.85. The van der Waals surface area contributed by atoms with E-state index in [2.05, 4.69) is 43.6 Å². The zero-order valence-electron chi connectivity index (χ0n) is 13.3. The Balaban J connectivity index is 2.05. The minimum absolute atomic E-state index is 0.138. The molecule has 2 saturated heterocycles. The quantitative estimate of drug-likeness (QED) is 0.650. The van der Waals surface area contributed by atoms with Gasteiger partial charge in [-0.1, -0.05) is 50.0 Å². The largest absolute Gasteiger partial charge is 0.367 e. The topological polar surface area (TPSA) is 26.3 Å². The van der Waals surface area contributed by atoms with Crippen molar-refractivity contribution < 1.29 is 9.53 Å². The molecule has 2 aliphatic heterocycles. The molecule has 3 fully saturated rings. The minimum Gasteiger partial charge on any atom is -0.367 e. The van der Waals surface area contributed by atoms with Crippen molar-refractivity contribution >= 4 is 21.7 Å². The summed E-state index contributed by atoms with van der Waals surface area (Å²) in [5.41, 5.74) is -0.241. The first kappa shape index (κ1) is 16.5. The highest BCUT2D eigenvalue weighted by Crippen LogP contribution is 2.46. The summed E-state index contributed by atoms with van der Waals surface area (Å²) in [5.74, 6) is 1.37. The maximum Gasteiger partial charge on any atom is 0.167 e. The van der Waals surface area contributed by atoms with E-state index in [1.807, 2.05) is 0 Å². The second-order valence-corrected chi connectivity index (χ2v) is 8.41. The van der Waals surface area contributed by atoms with Crippen molar-refractivity contribution in [1.82, 2.24) is 0 Å². The van der Waals surface area contributed by atoms with Crippen LogP contribution in [0.2, 0.25) is 0 Å². The van der Waals surface area contributed by atoms with Crippen LogP contribution < -0.4 is 0 Å². The standard InChI is InChI=1S/C17H29BrO2/c1-5-7-13(18)12-10-11-8-9-14(12)20-15(11)16(19)17(3,4)6-2/h11-15H,5-10H2,1-4H3. The van der Waals surface area contributed by atoms with Gasteiger partial charge in [-0.15, -0.1) is 0 Å². The molecule has 1 aliphatic carbocycles. The van der Waals surface area contributed by atoms with E-state index in [1.54, 1.807) is 0 Å². The number of hydrogen-bond acceptors (Lipinski definition) is 2. The van der Waals surface area contributed by atoms with Gasteiger partial charge in [-0.2, -0.15) is 0 Å². The van der Waals surface area contributed by atoms with Gasteiger partial charge in [0.2, 0.25) is 0 Å². The highest BCUT2D eigenvalue weighted by atomic mass is 79.9. The fraction of sp³-hybridized carbons (Fsp3) is 0.941. The van der Waals surface area contributed by atoms with E-state index >= 15 is 0 Å². The van der Waals surface area contributed by atoms with Crippen molar-refractivity contribution in [1.29, 1.82) is 0 Å². The normalized spacial score (nSPS) is 35.0. The summed E-state index contributed by atoms with van der Waals surface area (Å²) in [6.45, 7) is 8.44. The molecule has 0 spiro atoms. The molecule has 116 valence electrons. The van der Waals surface area contributed by atoms with Crippen LogP contribution in [0.4, 0.5) is 0 Å². The Labute approximate surface area is 132 Å². The zero-order chi connectivity index (χ0) is 14.9. The molecular weight excluding hydrogens is 316 g/mol. The maximum atomic E-state index is 12.7. The third kappa shape index (κ3) is 3.14. The number of ketones is 1. The van der Waals surface area contributed by atoms with Crippen LogP contribution in [0.25, 0.3) is 0 Å². The van der Waals surface area contributed by atoms with E-state index in [1.165, 1.54) is 19.3 Å². The molecule has 3 rings (SSSR count). The van der Waals surface area contributed by atoms with Crippen molar-refractivity contribution in [2.45, 2.75) is 83.3 Å². The fourth-order valence-electron chi connectivity index (χ4n) is 3.66. The molecule has 2 nitrogen and oxygen atoms in total. The van der Waals surface area contributed by atoms with Gasteiger partial charge >= 0.3 is 0 Å². The summed E-state index contributed by atoms with van der Waals surface area (Å²) in [6, 6.07) is 0. The Hall–Kier alpha value is 0.110. The lowest BCUT2D eigenvalue weighted by Crippen LogP contribution is -2.54. The monoisotopic (exact) mass is 344 g/mol. The first-order valence-corrected chi connectivity index (χ1v) is 9.16. The number of rotatable bonds is 6. The van der Waals surface area contributed by atoms with E-state index < -0.39 is 0 Å². The molecule has 0 radical (unpaired) electrons. The Morgan fingerprint density at radius 3 is 2.55 bits per heavy atom. The molecule has 2 heterocycles. The first-order chi connectivity index (χ1) is 9.40. The average Bonchev–Trinajstić information content (AvgIpc) is 2.47. The molecule has 1 saturated carbocycles. The van der Waals surface area contributed by atoms with Crippen LogP contribution >= 0.6 is 15.9 Å². The predicted octanol–water partition coefficient (Wildman–Crippen LogP) is 4.74. The number of Topliss-reactive ketones (excluding diaryl/α,β-unsaturated/α-hetero) is 1. The zero-order valence-corrected chi connectivity index (χ0v) is 14.9. The minimum atomic E-state index is -0.241. The van der Waals surface area contributed by atoms with E-state index in [4.69, 9.17) is 4.74 Å². The molecule has 3 aliphatic rings. The van der Waals surface area contributed by atoms with Gasteiger partial charge in [0, 0.05) is 10.2 Å². The highest BCUT2D eigenvalue weighted by molar-refractivity contribution is 9.09. The summed E-state index contributed by atoms with van der Waals surface area (Å²) in [4.78, 5) is 13.3. The predicted molar refractivity (Wildman–Crippen MR) is 86.2 cm³/mol. The molecule has 3 heteroatoms. The average molecular weight is 345 g/mol. The van der Waals surface area contributed by atoms with Gasteiger partial charge in [-0.25, -0.2) is 0 Å². The Morgan fingerprint density at radius 2 is 2.05 bits per heavy atom. The van der Waals surface area contributed by atoms with Crippen molar-refractivity contribution in [3.05, 3.63) is 0 Å². The van der Waals surface area contributed by atoms with Gasteiger partial charge in [-0.3, -0.25) is 4.79 Å². The van der Waals surface area contributed by atoms with E-state index in [0.29, 0.717) is 22.4 Å². The van der Waals surface area contributed by atoms with Crippen LogP contribution in [-0.2, 0) is 9.53 Å². The Bertz CT molecular complexity index is 353. The van der Waals surface area contributed by atoms with Crippen LogP contribution in [0.1, 0.15) is 66.2 Å². The number of hydrogen-bond donors (Lipinski definition) is 0. The van der Waals surface area contributed by atoms with Crippen LogP contribution in [0.3, 0.4) is 0 Å². The molecule has 0 amide bonds. The molecular formula is C17H29BrO2. The van der Waals surface area contributed by atoms with Gasteiger partial charge in [-0.05, 0) is 43.9 Å². The molecule has 0 aromatic heterocycles. The van der Waals surface area contributed by atoms with Crippen molar-refractivity contribution in [2.75, 3.05) is 0 Å². The molecule has 5 unspecified atom stereocenters. The molecule has 5 atom stereocenters. The SMILES string of the molecule is CCCC(Br)C1CC2CCC1OC2C(=O)C(C)(C)CC. The third-order valence-corrected chi connectivity index (χ3v) is 6.60. The second kappa shape index (κ2) is 6.48. The van der Waals surface area contributed by atoms with E-state index in [9.17, 15) is 4.79 Å². The number of halogens is 1. The fourth-order valence-corrected chi connectivity index (χ4v) is 4.67. The lowest BCUT2D eigenvalue weighted by molar-refractivity contribution is -0.179. The number of carbonyl (C=O) groups excluding carboxylic acids is 1. The van der Waals surface area contributed by atoms with Crippen molar-refractivity contribution in [3.63, 3.8) is 0 Å². The summed E-state index contributed by atoms with van der Waals surface area (Å²) in [6.07, 6.45) is 6.92. The number of ether oxygens (including phenoxy) is 1.